The van der Waals surface area contributed by atoms with Gasteiger partial charge in [0, 0.05) is 10.9 Å². The molecule has 0 bridgehead atoms. The van der Waals surface area contributed by atoms with Gasteiger partial charge in [0.2, 0.25) is 0 Å². The second-order valence-corrected chi connectivity index (χ2v) is 6.24. The Bertz CT molecular complexity index is 1200. The Morgan fingerprint density at radius 1 is 0.600 bits per heavy atom. The van der Waals surface area contributed by atoms with Crippen LogP contribution in [0.5, 0.6) is 5.75 Å². The normalized spacial score (nSPS) is 11.4. The molecule has 4 aromatic carbocycles. The molecule has 1 N–H and O–H groups in total. The molecule has 2 nitrogen and oxygen atoms in total. The van der Waals surface area contributed by atoms with E-state index in [4.69, 9.17) is 4.98 Å². The molecule has 0 radical (unpaired) electrons. The third-order valence-electron chi connectivity index (χ3n) is 4.73. The summed E-state index contributed by atoms with van der Waals surface area (Å²) in [5.74, 6) is 0.212. The number of hydrogen-bond acceptors (Lipinski definition) is 2. The largest absolute Gasteiger partial charge is 0.506 e. The summed E-state index contributed by atoms with van der Waals surface area (Å²) in [5.41, 5.74) is 2.62. The molecule has 118 valence electrons. The number of hydrogen-bond donors (Lipinski definition) is 1. The number of nitrogens with zero attached hydrogens (tertiary/aromatic N) is 1. The van der Waals surface area contributed by atoms with Gasteiger partial charge in [-0.05, 0) is 39.7 Å². The average Bonchev–Trinajstić information content (AvgIpc) is 2.66. The van der Waals surface area contributed by atoms with Crippen LogP contribution < -0.4 is 0 Å². The van der Waals surface area contributed by atoms with Gasteiger partial charge in [0.25, 0.3) is 0 Å². The molecule has 5 rings (SSSR count). The van der Waals surface area contributed by atoms with Gasteiger partial charge in [0.15, 0.2) is 0 Å². The first kappa shape index (κ1) is 14.0. The van der Waals surface area contributed by atoms with Crippen molar-refractivity contribution >= 4 is 32.4 Å². The number of aromatic nitrogens is 1. The average molecular weight is 321 g/mol. The van der Waals surface area contributed by atoms with Crippen molar-refractivity contribution in [2.75, 3.05) is 0 Å². The number of para-hydroxylation sites is 1. The van der Waals surface area contributed by atoms with E-state index < -0.39 is 0 Å². The molecule has 0 amide bonds. The fraction of sp³-hybridized carbons (Fsp3) is 0. The Balaban J connectivity index is 1.95. The monoisotopic (exact) mass is 321 g/mol. The van der Waals surface area contributed by atoms with E-state index in [1.165, 1.54) is 21.5 Å². The first-order valence-corrected chi connectivity index (χ1v) is 8.31. The smallest absolute Gasteiger partial charge is 0.141 e. The van der Waals surface area contributed by atoms with Crippen molar-refractivity contribution in [2.24, 2.45) is 0 Å². The zero-order valence-corrected chi connectivity index (χ0v) is 13.5. The zero-order chi connectivity index (χ0) is 16.8. The van der Waals surface area contributed by atoms with Gasteiger partial charge in [-0.3, -0.25) is 0 Å². The number of pyridine rings is 1. The molecule has 0 saturated heterocycles. The predicted molar refractivity (Wildman–Crippen MR) is 104 cm³/mol. The van der Waals surface area contributed by atoms with Gasteiger partial charge in [0.05, 0.1) is 5.69 Å². The van der Waals surface area contributed by atoms with Crippen molar-refractivity contribution in [3.63, 3.8) is 0 Å². The van der Waals surface area contributed by atoms with Crippen LogP contribution >= 0.6 is 0 Å². The van der Waals surface area contributed by atoms with Gasteiger partial charge >= 0.3 is 0 Å². The third-order valence-corrected chi connectivity index (χ3v) is 4.73. The summed E-state index contributed by atoms with van der Waals surface area (Å²) in [4.78, 5) is 4.80. The molecule has 1 heterocycles. The van der Waals surface area contributed by atoms with Gasteiger partial charge < -0.3 is 5.11 Å². The summed E-state index contributed by atoms with van der Waals surface area (Å²) in [7, 11) is 0. The van der Waals surface area contributed by atoms with E-state index in [2.05, 4.69) is 54.6 Å². The highest BCUT2D eigenvalue weighted by Crippen LogP contribution is 2.36. The minimum absolute atomic E-state index is 0.212. The van der Waals surface area contributed by atoms with Crippen LogP contribution in [0.2, 0.25) is 0 Å². The lowest BCUT2D eigenvalue weighted by molar-refractivity contribution is 0.480. The SMILES string of the molecule is Oc1cccc2ccc(-c3c4ccccc4cc4ccccc34)nc12. The van der Waals surface area contributed by atoms with E-state index in [1.807, 2.05) is 24.3 Å². The Kier molecular flexibility index (Phi) is 2.98. The highest BCUT2D eigenvalue weighted by atomic mass is 16.3. The molecule has 2 heteroatoms. The van der Waals surface area contributed by atoms with E-state index in [1.54, 1.807) is 6.07 Å². The third kappa shape index (κ3) is 2.15. The summed E-state index contributed by atoms with van der Waals surface area (Å²) in [6.45, 7) is 0. The van der Waals surface area contributed by atoms with Crippen molar-refractivity contribution in [3.8, 4) is 17.0 Å². The van der Waals surface area contributed by atoms with Crippen molar-refractivity contribution in [1.82, 2.24) is 4.98 Å². The topological polar surface area (TPSA) is 33.1 Å². The quantitative estimate of drug-likeness (QED) is 0.389. The van der Waals surface area contributed by atoms with Gasteiger partial charge in [-0.2, -0.15) is 0 Å². The van der Waals surface area contributed by atoms with Gasteiger partial charge in [-0.25, -0.2) is 4.98 Å². The summed E-state index contributed by atoms with van der Waals surface area (Å²) < 4.78 is 0. The van der Waals surface area contributed by atoms with Crippen LogP contribution in [0.25, 0.3) is 43.7 Å². The van der Waals surface area contributed by atoms with E-state index in [9.17, 15) is 5.11 Å². The molecular weight excluding hydrogens is 306 g/mol. The fourth-order valence-electron chi connectivity index (χ4n) is 3.56. The maximum Gasteiger partial charge on any atom is 0.141 e. The van der Waals surface area contributed by atoms with Crippen LogP contribution in [0.3, 0.4) is 0 Å². The summed E-state index contributed by atoms with van der Waals surface area (Å²) in [5, 5.41) is 15.9. The van der Waals surface area contributed by atoms with Gasteiger partial charge in [0.1, 0.15) is 11.3 Å². The second-order valence-electron chi connectivity index (χ2n) is 6.24. The standard InChI is InChI=1S/C23H15NO/c25-21-11-5-8-15-12-13-20(24-23(15)21)22-18-9-3-1-6-16(18)14-17-7-2-4-10-19(17)22/h1-14,25H. The highest BCUT2D eigenvalue weighted by molar-refractivity contribution is 6.12. The highest BCUT2D eigenvalue weighted by Gasteiger charge is 2.12. The van der Waals surface area contributed by atoms with Crippen LogP contribution in [0.4, 0.5) is 0 Å². The summed E-state index contributed by atoms with van der Waals surface area (Å²) >= 11 is 0. The van der Waals surface area contributed by atoms with Crippen LogP contribution in [-0.2, 0) is 0 Å². The molecule has 25 heavy (non-hydrogen) atoms. The van der Waals surface area contributed by atoms with E-state index in [0.29, 0.717) is 5.52 Å². The van der Waals surface area contributed by atoms with Crippen molar-refractivity contribution in [1.29, 1.82) is 0 Å². The van der Waals surface area contributed by atoms with Crippen LogP contribution in [-0.4, -0.2) is 10.1 Å². The van der Waals surface area contributed by atoms with Crippen LogP contribution in [0, 0.1) is 0 Å². The van der Waals surface area contributed by atoms with E-state index in [0.717, 1.165) is 16.6 Å². The molecule has 0 saturated carbocycles. The summed E-state index contributed by atoms with van der Waals surface area (Å²) in [6, 6.07) is 28.5. The number of phenols is 1. The number of aromatic hydroxyl groups is 1. The number of fused-ring (bicyclic) bond motifs is 3. The first-order chi connectivity index (χ1) is 12.3. The first-order valence-electron chi connectivity index (χ1n) is 8.31. The van der Waals surface area contributed by atoms with E-state index >= 15 is 0 Å². The summed E-state index contributed by atoms with van der Waals surface area (Å²) in [6.07, 6.45) is 0. The number of benzene rings is 4. The van der Waals surface area contributed by atoms with Gasteiger partial charge in [-0.15, -0.1) is 0 Å². The molecule has 1 aromatic heterocycles. The maximum atomic E-state index is 10.2. The minimum Gasteiger partial charge on any atom is -0.506 e. The molecule has 0 unspecified atom stereocenters. The Hall–Kier alpha value is -3.39. The Morgan fingerprint density at radius 2 is 1.24 bits per heavy atom. The molecule has 0 atom stereocenters. The minimum atomic E-state index is 0.212. The fourth-order valence-corrected chi connectivity index (χ4v) is 3.56. The van der Waals surface area contributed by atoms with Crippen molar-refractivity contribution in [3.05, 3.63) is 84.9 Å². The number of rotatable bonds is 1. The zero-order valence-electron chi connectivity index (χ0n) is 13.5. The van der Waals surface area contributed by atoms with Crippen LogP contribution in [0.15, 0.2) is 84.9 Å². The molecule has 0 aliphatic heterocycles. The van der Waals surface area contributed by atoms with Crippen molar-refractivity contribution in [2.45, 2.75) is 0 Å². The molecular formula is C23H15NO. The van der Waals surface area contributed by atoms with Gasteiger partial charge in [-0.1, -0.05) is 66.7 Å². The van der Waals surface area contributed by atoms with Crippen molar-refractivity contribution < 1.29 is 5.11 Å². The molecule has 0 fully saturated rings. The lowest BCUT2D eigenvalue weighted by Gasteiger charge is -2.12. The van der Waals surface area contributed by atoms with E-state index in [-0.39, 0.29) is 5.75 Å². The molecule has 0 spiro atoms. The maximum absolute atomic E-state index is 10.2. The molecule has 0 aliphatic rings. The Morgan fingerprint density at radius 3 is 1.96 bits per heavy atom. The molecule has 0 aliphatic carbocycles. The predicted octanol–water partition coefficient (Wildman–Crippen LogP) is 5.91. The number of phenolic OH excluding ortho intramolecular Hbond substituents is 1. The lowest BCUT2D eigenvalue weighted by atomic mass is 9.94. The lowest BCUT2D eigenvalue weighted by Crippen LogP contribution is -1.89. The molecule has 5 aromatic rings. The van der Waals surface area contributed by atoms with Crippen LogP contribution in [0.1, 0.15) is 0 Å². The Labute approximate surface area is 145 Å². The second kappa shape index (κ2) is 5.32.